The molecule has 0 aliphatic heterocycles. The zero-order valence-corrected chi connectivity index (χ0v) is 12.1. The van der Waals surface area contributed by atoms with Crippen molar-refractivity contribution in [2.45, 2.75) is 32.0 Å². The third-order valence-electron chi connectivity index (χ3n) is 2.43. The number of nitrogens with one attached hydrogen (secondary N) is 1. The number of unbranched alkanes of at least 4 members (excludes halogenated alkanes) is 1. The van der Waals surface area contributed by atoms with E-state index in [1.54, 1.807) is 0 Å². The van der Waals surface area contributed by atoms with Gasteiger partial charge in [-0.2, -0.15) is 18.3 Å². The van der Waals surface area contributed by atoms with Crippen LogP contribution in [0, 0.1) is 12.3 Å². The molecule has 0 atom stereocenters. The minimum absolute atomic E-state index is 0.0374. The van der Waals surface area contributed by atoms with E-state index >= 15 is 0 Å². The van der Waals surface area contributed by atoms with Gasteiger partial charge >= 0.3 is 6.18 Å². The highest BCUT2D eigenvalue weighted by Gasteiger charge is 2.25. The first-order valence-electron chi connectivity index (χ1n) is 5.85. The molecule has 1 aromatic heterocycles. The van der Waals surface area contributed by atoms with Crippen LogP contribution >= 0.6 is 15.9 Å². The third kappa shape index (κ3) is 5.25. The van der Waals surface area contributed by atoms with E-state index in [0.29, 0.717) is 18.7 Å². The summed E-state index contributed by atoms with van der Waals surface area (Å²) >= 11 is 3.12. The van der Waals surface area contributed by atoms with E-state index in [4.69, 9.17) is 6.42 Å². The van der Waals surface area contributed by atoms with Crippen molar-refractivity contribution in [2.75, 3.05) is 11.9 Å². The summed E-state index contributed by atoms with van der Waals surface area (Å²) in [6.45, 7) is 0.387. The summed E-state index contributed by atoms with van der Waals surface area (Å²) in [5, 5.41) is 6.72. The van der Waals surface area contributed by atoms with E-state index in [0.717, 1.165) is 4.68 Å². The van der Waals surface area contributed by atoms with Crippen LogP contribution in [0.15, 0.2) is 15.5 Å². The van der Waals surface area contributed by atoms with Crippen LogP contribution < -0.4 is 10.9 Å². The summed E-state index contributed by atoms with van der Waals surface area (Å²) in [7, 11) is 0. The van der Waals surface area contributed by atoms with Gasteiger partial charge in [0.2, 0.25) is 0 Å². The van der Waals surface area contributed by atoms with Crippen molar-refractivity contribution in [2.24, 2.45) is 0 Å². The fourth-order valence-electron chi connectivity index (χ4n) is 1.46. The van der Waals surface area contributed by atoms with Gasteiger partial charge in [-0.25, -0.2) is 4.68 Å². The van der Waals surface area contributed by atoms with E-state index in [2.05, 4.69) is 32.3 Å². The Labute approximate surface area is 122 Å². The highest BCUT2D eigenvalue weighted by atomic mass is 79.9. The molecule has 0 aliphatic rings. The molecule has 1 N–H and O–H groups in total. The van der Waals surface area contributed by atoms with Gasteiger partial charge in [-0.3, -0.25) is 4.79 Å². The van der Waals surface area contributed by atoms with Crippen molar-refractivity contribution >= 4 is 21.6 Å². The quantitative estimate of drug-likeness (QED) is 0.633. The van der Waals surface area contributed by atoms with Crippen LogP contribution in [0.4, 0.5) is 18.9 Å². The van der Waals surface area contributed by atoms with E-state index in [-0.39, 0.29) is 23.0 Å². The van der Waals surface area contributed by atoms with Gasteiger partial charge in [0.25, 0.3) is 5.56 Å². The van der Waals surface area contributed by atoms with Crippen LogP contribution in [0.1, 0.15) is 19.3 Å². The zero-order valence-electron chi connectivity index (χ0n) is 10.5. The van der Waals surface area contributed by atoms with E-state index in [9.17, 15) is 18.0 Å². The number of rotatable bonds is 6. The average molecular weight is 352 g/mol. The molecule has 0 spiro atoms. The van der Waals surface area contributed by atoms with Gasteiger partial charge in [-0.15, -0.1) is 6.42 Å². The van der Waals surface area contributed by atoms with Crippen molar-refractivity contribution in [3.05, 3.63) is 21.0 Å². The van der Waals surface area contributed by atoms with Gasteiger partial charge in [-0.05, 0) is 28.8 Å². The maximum absolute atomic E-state index is 11.9. The first kappa shape index (κ1) is 16.6. The van der Waals surface area contributed by atoms with Crippen molar-refractivity contribution in [1.82, 2.24) is 9.78 Å². The standard InChI is InChI=1S/C12H13BrF3N3O/c1-2-7-19-11(20)10(13)9(8-18-19)17-6-4-3-5-12(14,15)16/h1,8,17H,3-7H2. The van der Waals surface area contributed by atoms with Crippen LogP contribution in [-0.4, -0.2) is 22.5 Å². The highest BCUT2D eigenvalue weighted by molar-refractivity contribution is 9.10. The Kier molecular flexibility index (Phi) is 6.07. The lowest BCUT2D eigenvalue weighted by atomic mass is 10.2. The van der Waals surface area contributed by atoms with E-state index in [1.165, 1.54) is 6.20 Å². The van der Waals surface area contributed by atoms with Gasteiger partial charge < -0.3 is 5.32 Å². The minimum atomic E-state index is -4.13. The number of hydrogen-bond donors (Lipinski definition) is 1. The molecule has 0 saturated carbocycles. The molecule has 1 aromatic rings. The summed E-state index contributed by atoms with van der Waals surface area (Å²) in [6.07, 6.45) is 1.95. The predicted octanol–water partition coefficient (Wildman–Crippen LogP) is 2.78. The fraction of sp³-hybridized carbons (Fsp3) is 0.500. The molecular weight excluding hydrogens is 339 g/mol. The minimum Gasteiger partial charge on any atom is -0.383 e. The molecule has 8 heteroatoms. The largest absolute Gasteiger partial charge is 0.389 e. The maximum Gasteiger partial charge on any atom is 0.389 e. The monoisotopic (exact) mass is 351 g/mol. The van der Waals surface area contributed by atoms with Crippen LogP contribution in [0.2, 0.25) is 0 Å². The number of aromatic nitrogens is 2. The van der Waals surface area contributed by atoms with Crippen molar-refractivity contribution in [1.29, 1.82) is 0 Å². The smallest absolute Gasteiger partial charge is 0.383 e. The number of anilines is 1. The van der Waals surface area contributed by atoms with Gasteiger partial charge in [-0.1, -0.05) is 5.92 Å². The Morgan fingerprint density at radius 2 is 2.15 bits per heavy atom. The van der Waals surface area contributed by atoms with Crippen molar-refractivity contribution in [3.63, 3.8) is 0 Å². The van der Waals surface area contributed by atoms with E-state index < -0.39 is 12.6 Å². The molecule has 4 nitrogen and oxygen atoms in total. The molecule has 110 valence electrons. The molecule has 1 rings (SSSR count). The second kappa shape index (κ2) is 7.33. The number of alkyl halides is 3. The normalized spacial score (nSPS) is 11.2. The Balaban J connectivity index is 2.52. The Morgan fingerprint density at radius 1 is 1.45 bits per heavy atom. The average Bonchev–Trinajstić information content (AvgIpc) is 2.36. The molecule has 0 aromatic carbocycles. The van der Waals surface area contributed by atoms with E-state index in [1.807, 2.05) is 0 Å². The molecule has 0 aliphatic carbocycles. The Morgan fingerprint density at radius 3 is 2.75 bits per heavy atom. The van der Waals surface area contributed by atoms with Crippen molar-refractivity contribution in [3.8, 4) is 12.3 Å². The fourth-order valence-corrected chi connectivity index (χ4v) is 1.91. The Hall–Kier alpha value is -1.49. The van der Waals surface area contributed by atoms with Crippen molar-refractivity contribution < 1.29 is 13.2 Å². The van der Waals surface area contributed by atoms with Crippen LogP contribution in [0.3, 0.4) is 0 Å². The first-order chi connectivity index (χ1) is 9.35. The maximum atomic E-state index is 11.9. The summed E-state index contributed by atoms with van der Waals surface area (Å²) in [4.78, 5) is 11.8. The van der Waals surface area contributed by atoms with Crippen LogP contribution in [0.5, 0.6) is 0 Å². The molecule has 1 heterocycles. The van der Waals surface area contributed by atoms with Gasteiger partial charge in [0.15, 0.2) is 0 Å². The SMILES string of the molecule is C#CCn1ncc(NCCCCC(F)(F)F)c(Br)c1=O. The molecule has 0 amide bonds. The number of halogens is 4. The summed E-state index contributed by atoms with van der Waals surface area (Å²) < 4.78 is 37.2. The van der Waals surface area contributed by atoms with Crippen LogP contribution in [-0.2, 0) is 6.54 Å². The molecule has 0 bridgehead atoms. The topological polar surface area (TPSA) is 46.9 Å². The molecule has 20 heavy (non-hydrogen) atoms. The lowest BCUT2D eigenvalue weighted by Gasteiger charge is -2.10. The molecule has 0 radical (unpaired) electrons. The highest BCUT2D eigenvalue weighted by Crippen LogP contribution is 2.22. The third-order valence-corrected chi connectivity index (χ3v) is 3.19. The summed E-state index contributed by atoms with van der Waals surface area (Å²) in [6, 6.07) is 0. The molecular formula is C12H13BrF3N3O. The lowest BCUT2D eigenvalue weighted by molar-refractivity contribution is -0.135. The molecule has 0 saturated heterocycles. The second-order valence-corrected chi connectivity index (χ2v) is 4.83. The first-order valence-corrected chi connectivity index (χ1v) is 6.64. The summed E-state index contributed by atoms with van der Waals surface area (Å²) in [5.74, 6) is 2.30. The lowest BCUT2D eigenvalue weighted by Crippen LogP contribution is -2.24. The zero-order chi connectivity index (χ0) is 15.2. The molecule has 0 fully saturated rings. The predicted molar refractivity (Wildman–Crippen MR) is 73.4 cm³/mol. The number of hydrogen-bond acceptors (Lipinski definition) is 3. The summed E-state index contributed by atoms with van der Waals surface area (Å²) in [5.41, 5.74) is 0.0542. The second-order valence-electron chi connectivity index (χ2n) is 4.04. The molecule has 0 unspecified atom stereocenters. The van der Waals surface area contributed by atoms with Gasteiger partial charge in [0.05, 0.1) is 11.9 Å². The Bertz CT molecular complexity index is 548. The number of nitrogens with zero attached hydrogens (tertiary/aromatic N) is 2. The van der Waals surface area contributed by atoms with Gasteiger partial charge in [0, 0.05) is 13.0 Å². The van der Waals surface area contributed by atoms with Gasteiger partial charge in [0.1, 0.15) is 11.0 Å². The number of terminal acetylenes is 1. The van der Waals surface area contributed by atoms with Crippen LogP contribution in [0.25, 0.3) is 0 Å².